The Balaban J connectivity index is 1.87. The fourth-order valence-corrected chi connectivity index (χ4v) is 5.04. The van der Waals surface area contributed by atoms with E-state index in [1.165, 1.54) is 4.90 Å². The van der Waals surface area contributed by atoms with E-state index in [0.29, 0.717) is 24.3 Å². The SMILES string of the molecule is C[C@H]1OC(c2ccc(OCCCO)cc2)=N[C@@]1(CCS(=O)(=O)c1ccccc1)C(=O)N(C)C. The van der Waals surface area contributed by atoms with Gasteiger partial charge >= 0.3 is 0 Å². The molecule has 0 unspecified atom stereocenters. The van der Waals surface area contributed by atoms with Crippen molar-refractivity contribution in [2.24, 2.45) is 4.99 Å². The first-order valence-corrected chi connectivity index (χ1v) is 12.4. The Hall–Kier alpha value is -2.91. The average molecular weight is 475 g/mol. The standard InChI is InChI=1S/C24H30N2O6S/c1-18-24(23(28)26(2)3,14-17-33(29,30)21-8-5-4-6-9-21)25-22(32-18)19-10-12-20(13-11-19)31-16-7-15-27/h4-6,8-13,18,27H,7,14-17H2,1-3H3/t18-,24-/m1/s1. The second-order valence-corrected chi connectivity index (χ2v) is 10.2. The Labute approximate surface area is 194 Å². The number of ether oxygens (including phenoxy) is 2. The molecule has 2 atom stereocenters. The molecule has 2 aromatic rings. The van der Waals surface area contributed by atoms with Crippen molar-refractivity contribution in [3.05, 3.63) is 60.2 Å². The highest BCUT2D eigenvalue weighted by Gasteiger charge is 2.51. The Morgan fingerprint density at radius 1 is 1.15 bits per heavy atom. The molecule has 1 amide bonds. The number of nitrogens with zero attached hydrogens (tertiary/aromatic N) is 2. The third-order valence-electron chi connectivity index (χ3n) is 5.57. The molecular formula is C24H30N2O6S. The summed E-state index contributed by atoms with van der Waals surface area (Å²) in [6, 6.07) is 15.3. The quantitative estimate of drug-likeness (QED) is 0.530. The number of likely N-dealkylation sites (N-methyl/N-ethyl adjacent to an activating group) is 1. The highest BCUT2D eigenvalue weighted by atomic mass is 32.2. The molecule has 0 spiro atoms. The minimum atomic E-state index is -3.60. The summed E-state index contributed by atoms with van der Waals surface area (Å²) in [7, 11) is -0.358. The van der Waals surface area contributed by atoms with Crippen LogP contribution in [0.15, 0.2) is 64.5 Å². The van der Waals surface area contributed by atoms with Crippen LogP contribution in [0.2, 0.25) is 0 Å². The van der Waals surface area contributed by atoms with E-state index < -0.39 is 21.5 Å². The van der Waals surface area contributed by atoms with Crippen LogP contribution in [0.5, 0.6) is 5.75 Å². The molecule has 0 bridgehead atoms. The number of aliphatic hydroxyl groups excluding tert-OH is 1. The van der Waals surface area contributed by atoms with E-state index in [9.17, 15) is 13.2 Å². The molecule has 0 fully saturated rings. The van der Waals surface area contributed by atoms with Gasteiger partial charge in [0, 0.05) is 32.7 Å². The zero-order valence-corrected chi connectivity index (χ0v) is 19.9. The number of sulfone groups is 1. The third-order valence-corrected chi connectivity index (χ3v) is 7.30. The lowest BCUT2D eigenvalue weighted by atomic mass is 9.90. The van der Waals surface area contributed by atoms with Crippen LogP contribution in [0.3, 0.4) is 0 Å². The van der Waals surface area contributed by atoms with Crippen LogP contribution < -0.4 is 4.74 Å². The van der Waals surface area contributed by atoms with Gasteiger partial charge in [0.1, 0.15) is 11.9 Å². The lowest BCUT2D eigenvalue weighted by Crippen LogP contribution is -2.51. The molecular weight excluding hydrogens is 444 g/mol. The van der Waals surface area contributed by atoms with Crippen LogP contribution in [-0.2, 0) is 19.4 Å². The van der Waals surface area contributed by atoms with E-state index >= 15 is 0 Å². The van der Waals surface area contributed by atoms with Gasteiger partial charge in [0.05, 0.1) is 17.3 Å². The summed E-state index contributed by atoms with van der Waals surface area (Å²) in [5, 5.41) is 8.87. The Morgan fingerprint density at radius 2 is 1.82 bits per heavy atom. The van der Waals surface area contributed by atoms with Gasteiger partial charge in [0.2, 0.25) is 5.90 Å². The fraction of sp³-hybridized carbons (Fsp3) is 0.417. The molecule has 9 heteroatoms. The fourth-order valence-electron chi connectivity index (χ4n) is 3.65. The minimum absolute atomic E-state index is 0.00569. The van der Waals surface area contributed by atoms with Crippen molar-refractivity contribution >= 4 is 21.6 Å². The number of amides is 1. The van der Waals surface area contributed by atoms with Gasteiger partial charge in [-0.05, 0) is 49.7 Å². The maximum Gasteiger partial charge on any atom is 0.254 e. The normalized spacial score (nSPS) is 20.1. The van der Waals surface area contributed by atoms with Crippen LogP contribution in [0.4, 0.5) is 0 Å². The zero-order chi connectivity index (χ0) is 24.1. The topological polar surface area (TPSA) is 105 Å². The van der Waals surface area contributed by atoms with Gasteiger partial charge in [-0.3, -0.25) is 4.79 Å². The number of carbonyl (C=O) groups is 1. The van der Waals surface area contributed by atoms with Crippen LogP contribution in [-0.4, -0.2) is 74.9 Å². The maximum atomic E-state index is 13.2. The molecule has 8 nitrogen and oxygen atoms in total. The van der Waals surface area contributed by atoms with Gasteiger partial charge in [-0.25, -0.2) is 13.4 Å². The number of hydrogen-bond donors (Lipinski definition) is 1. The summed E-state index contributed by atoms with van der Waals surface area (Å²) >= 11 is 0. The Morgan fingerprint density at radius 3 is 2.42 bits per heavy atom. The van der Waals surface area contributed by atoms with E-state index in [2.05, 4.69) is 4.99 Å². The molecule has 1 N–H and O–H groups in total. The smallest absolute Gasteiger partial charge is 0.254 e. The third kappa shape index (κ3) is 5.54. The summed E-state index contributed by atoms with van der Waals surface area (Å²) < 4.78 is 37.3. The first-order valence-electron chi connectivity index (χ1n) is 10.8. The van der Waals surface area contributed by atoms with Crippen molar-refractivity contribution < 1.29 is 27.8 Å². The van der Waals surface area contributed by atoms with E-state index in [-0.39, 0.29) is 35.5 Å². The zero-order valence-electron chi connectivity index (χ0n) is 19.1. The second-order valence-electron chi connectivity index (χ2n) is 8.13. The summed E-state index contributed by atoms with van der Waals surface area (Å²) in [6.07, 6.45) is -0.112. The molecule has 2 aromatic carbocycles. The lowest BCUT2D eigenvalue weighted by Gasteiger charge is -2.30. The van der Waals surface area contributed by atoms with E-state index in [0.717, 1.165) is 0 Å². The summed E-state index contributed by atoms with van der Waals surface area (Å²) in [4.78, 5) is 19.5. The van der Waals surface area contributed by atoms with Crippen molar-refractivity contribution in [1.82, 2.24) is 4.90 Å². The Kier molecular flexibility index (Phi) is 7.76. The molecule has 3 rings (SSSR count). The van der Waals surface area contributed by atoms with Gasteiger partial charge in [0.25, 0.3) is 5.91 Å². The molecule has 1 aliphatic rings. The molecule has 0 saturated carbocycles. The van der Waals surface area contributed by atoms with Gasteiger partial charge in [-0.1, -0.05) is 18.2 Å². The first kappa shape index (κ1) is 24.7. The van der Waals surface area contributed by atoms with E-state index in [1.807, 2.05) is 0 Å². The number of aliphatic imine (C=N–C) groups is 1. The molecule has 0 aliphatic carbocycles. The summed E-state index contributed by atoms with van der Waals surface area (Å²) in [5.74, 6) is 0.385. The molecule has 1 aliphatic heterocycles. The van der Waals surface area contributed by atoms with E-state index in [4.69, 9.17) is 14.6 Å². The van der Waals surface area contributed by atoms with Crippen molar-refractivity contribution in [2.75, 3.05) is 33.1 Å². The number of rotatable bonds is 10. The van der Waals surface area contributed by atoms with Gasteiger partial charge in [-0.2, -0.15) is 0 Å². The molecule has 0 aromatic heterocycles. The summed E-state index contributed by atoms with van der Waals surface area (Å²) in [5.41, 5.74) is -0.688. The number of benzene rings is 2. The van der Waals surface area contributed by atoms with E-state index in [1.54, 1.807) is 75.6 Å². The highest BCUT2D eigenvalue weighted by molar-refractivity contribution is 7.91. The van der Waals surface area contributed by atoms with Crippen molar-refractivity contribution in [3.8, 4) is 5.75 Å². The van der Waals surface area contributed by atoms with Gasteiger partial charge in [-0.15, -0.1) is 0 Å². The number of hydrogen-bond acceptors (Lipinski definition) is 7. The first-order chi connectivity index (χ1) is 15.7. The minimum Gasteiger partial charge on any atom is -0.494 e. The van der Waals surface area contributed by atoms with Crippen LogP contribution >= 0.6 is 0 Å². The highest BCUT2D eigenvalue weighted by Crippen LogP contribution is 2.34. The number of aliphatic hydroxyl groups is 1. The predicted molar refractivity (Wildman–Crippen MR) is 125 cm³/mol. The molecule has 0 saturated heterocycles. The lowest BCUT2D eigenvalue weighted by molar-refractivity contribution is -0.136. The van der Waals surface area contributed by atoms with Crippen LogP contribution in [0, 0.1) is 0 Å². The number of carbonyl (C=O) groups excluding carboxylic acids is 1. The molecule has 1 heterocycles. The largest absolute Gasteiger partial charge is 0.494 e. The van der Waals surface area contributed by atoms with Gasteiger partial charge < -0.3 is 19.5 Å². The monoisotopic (exact) mass is 474 g/mol. The average Bonchev–Trinajstić information content (AvgIpc) is 3.15. The Bertz CT molecular complexity index is 1080. The van der Waals surface area contributed by atoms with Crippen LogP contribution in [0.1, 0.15) is 25.3 Å². The second kappa shape index (κ2) is 10.4. The predicted octanol–water partition coefficient (Wildman–Crippen LogP) is 2.30. The summed E-state index contributed by atoms with van der Waals surface area (Å²) in [6.45, 7) is 2.20. The maximum absolute atomic E-state index is 13.2. The molecule has 178 valence electrons. The van der Waals surface area contributed by atoms with Crippen molar-refractivity contribution in [3.63, 3.8) is 0 Å². The van der Waals surface area contributed by atoms with Crippen molar-refractivity contribution in [1.29, 1.82) is 0 Å². The molecule has 0 radical (unpaired) electrons. The van der Waals surface area contributed by atoms with Crippen LogP contribution in [0.25, 0.3) is 0 Å². The van der Waals surface area contributed by atoms with Crippen molar-refractivity contribution in [2.45, 2.75) is 36.3 Å². The molecule has 33 heavy (non-hydrogen) atoms. The van der Waals surface area contributed by atoms with Gasteiger partial charge in [0.15, 0.2) is 15.4 Å².